The van der Waals surface area contributed by atoms with Gasteiger partial charge in [0.2, 0.25) is 0 Å². The van der Waals surface area contributed by atoms with Gasteiger partial charge in [-0.1, -0.05) is 285 Å². The van der Waals surface area contributed by atoms with Crippen molar-refractivity contribution in [2.45, 2.75) is 329 Å². The Balaban J connectivity index is 4.23. The van der Waals surface area contributed by atoms with E-state index in [-0.39, 0.29) is 31.1 Å². The van der Waals surface area contributed by atoms with Crippen LogP contribution in [0.5, 0.6) is 0 Å². The Hall–Kier alpha value is -1.59. The third-order valence-electron chi connectivity index (χ3n) is 13.0. The summed E-state index contributed by atoms with van der Waals surface area (Å²) in [6.07, 6.45) is 55.2. The van der Waals surface area contributed by atoms with Crippen molar-refractivity contribution in [1.29, 1.82) is 0 Å². The fourth-order valence-electron chi connectivity index (χ4n) is 8.75. The summed E-state index contributed by atoms with van der Waals surface area (Å²) in [6, 6.07) is 0. The van der Waals surface area contributed by atoms with Gasteiger partial charge >= 0.3 is 17.9 Å². The van der Waals surface area contributed by atoms with E-state index in [2.05, 4.69) is 27.7 Å². The molecule has 0 saturated carbocycles. The van der Waals surface area contributed by atoms with Crippen LogP contribution in [0.3, 0.4) is 0 Å². The Bertz CT molecular complexity index is 949. The third-order valence-corrected chi connectivity index (χ3v) is 13.0. The zero-order valence-corrected chi connectivity index (χ0v) is 43.0. The van der Waals surface area contributed by atoms with Crippen molar-refractivity contribution < 1.29 is 28.6 Å². The Morgan fingerprint density at radius 1 is 0.302 bits per heavy atom. The van der Waals surface area contributed by atoms with E-state index in [1.807, 2.05) is 0 Å². The molecule has 0 aliphatic carbocycles. The highest BCUT2D eigenvalue weighted by atomic mass is 16.6. The second kappa shape index (κ2) is 51.4. The van der Waals surface area contributed by atoms with Crippen LogP contribution in [0.2, 0.25) is 0 Å². The molecular weight excluding hydrogens is 781 g/mol. The van der Waals surface area contributed by atoms with Gasteiger partial charge in [-0.15, -0.1) is 0 Å². The molecule has 0 unspecified atom stereocenters. The molecule has 0 N–H and O–H groups in total. The maximum absolute atomic E-state index is 12.8. The number of ether oxygens (including phenoxy) is 3. The predicted molar refractivity (Wildman–Crippen MR) is 270 cm³/mol. The van der Waals surface area contributed by atoms with Crippen molar-refractivity contribution >= 4 is 17.9 Å². The van der Waals surface area contributed by atoms with E-state index in [0.29, 0.717) is 19.3 Å². The molecule has 0 aromatic heterocycles. The lowest BCUT2D eigenvalue weighted by molar-refractivity contribution is -0.167. The molecule has 0 aromatic rings. The number of rotatable bonds is 52. The first kappa shape index (κ1) is 61.4. The highest BCUT2D eigenvalue weighted by Gasteiger charge is 2.19. The second-order valence-corrected chi connectivity index (χ2v) is 20.1. The first-order valence-corrected chi connectivity index (χ1v) is 28.4. The molecule has 6 heteroatoms. The molecule has 0 fully saturated rings. The van der Waals surface area contributed by atoms with Crippen molar-refractivity contribution in [3.63, 3.8) is 0 Å². The fourth-order valence-corrected chi connectivity index (χ4v) is 8.75. The maximum Gasteiger partial charge on any atom is 0.306 e. The zero-order chi connectivity index (χ0) is 45.9. The van der Waals surface area contributed by atoms with Gasteiger partial charge in [0.25, 0.3) is 0 Å². The Morgan fingerprint density at radius 3 is 0.778 bits per heavy atom. The quantitative estimate of drug-likeness (QED) is 0.0344. The molecule has 0 heterocycles. The van der Waals surface area contributed by atoms with E-state index in [0.717, 1.165) is 63.7 Å². The van der Waals surface area contributed by atoms with Crippen molar-refractivity contribution in [2.75, 3.05) is 13.2 Å². The number of hydrogen-bond acceptors (Lipinski definition) is 6. The molecule has 0 aliphatic heterocycles. The topological polar surface area (TPSA) is 78.9 Å². The molecule has 6 nitrogen and oxygen atoms in total. The lowest BCUT2D eigenvalue weighted by Gasteiger charge is -2.18. The van der Waals surface area contributed by atoms with Crippen LogP contribution in [0, 0.1) is 5.92 Å². The van der Waals surface area contributed by atoms with Gasteiger partial charge in [0.15, 0.2) is 6.10 Å². The summed E-state index contributed by atoms with van der Waals surface area (Å²) in [4.78, 5) is 38.0. The average molecular weight is 892 g/mol. The van der Waals surface area contributed by atoms with Gasteiger partial charge in [-0.3, -0.25) is 14.4 Å². The van der Waals surface area contributed by atoms with Crippen molar-refractivity contribution in [1.82, 2.24) is 0 Å². The van der Waals surface area contributed by atoms with E-state index >= 15 is 0 Å². The third kappa shape index (κ3) is 51.3. The highest BCUT2D eigenvalue weighted by Crippen LogP contribution is 2.18. The van der Waals surface area contributed by atoms with E-state index in [9.17, 15) is 14.4 Å². The molecule has 0 radical (unpaired) electrons. The Kier molecular flexibility index (Phi) is 50.1. The van der Waals surface area contributed by atoms with Crippen molar-refractivity contribution in [2.24, 2.45) is 5.92 Å². The van der Waals surface area contributed by atoms with E-state index < -0.39 is 6.10 Å². The number of hydrogen-bond donors (Lipinski definition) is 0. The molecule has 0 aromatic carbocycles. The molecule has 0 saturated heterocycles. The molecule has 0 bridgehead atoms. The molecule has 1 atom stereocenters. The predicted octanol–water partition coefficient (Wildman–Crippen LogP) is 18.6. The molecular formula is C57H110O6. The molecule has 0 rings (SSSR count). The van der Waals surface area contributed by atoms with Gasteiger partial charge in [0.05, 0.1) is 0 Å². The summed E-state index contributed by atoms with van der Waals surface area (Å²) >= 11 is 0. The van der Waals surface area contributed by atoms with Crippen LogP contribution in [0.4, 0.5) is 0 Å². The van der Waals surface area contributed by atoms with Gasteiger partial charge in [-0.2, -0.15) is 0 Å². The zero-order valence-electron chi connectivity index (χ0n) is 43.0. The smallest absolute Gasteiger partial charge is 0.306 e. The summed E-state index contributed by atoms with van der Waals surface area (Å²) in [7, 11) is 0. The minimum absolute atomic E-state index is 0.0620. The summed E-state index contributed by atoms with van der Waals surface area (Å²) in [6.45, 7) is 9.05. The Labute approximate surface area is 393 Å². The summed E-state index contributed by atoms with van der Waals surface area (Å²) < 4.78 is 16.9. The summed E-state index contributed by atoms with van der Waals surface area (Å²) in [5, 5.41) is 0. The Morgan fingerprint density at radius 2 is 0.524 bits per heavy atom. The second-order valence-electron chi connectivity index (χ2n) is 20.1. The van der Waals surface area contributed by atoms with Gasteiger partial charge in [0, 0.05) is 19.3 Å². The van der Waals surface area contributed by atoms with Gasteiger partial charge in [0.1, 0.15) is 13.2 Å². The number of unbranched alkanes of at least 4 members (excludes halogenated alkanes) is 39. The van der Waals surface area contributed by atoms with Gasteiger partial charge in [-0.25, -0.2) is 0 Å². The molecule has 0 spiro atoms. The average Bonchev–Trinajstić information content (AvgIpc) is 3.27. The van der Waals surface area contributed by atoms with Crippen LogP contribution < -0.4 is 0 Å². The lowest BCUT2D eigenvalue weighted by Crippen LogP contribution is -2.30. The first-order chi connectivity index (χ1) is 30.9. The van der Waals surface area contributed by atoms with E-state index in [1.165, 1.54) is 218 Å². The van der Waals surface area contributed by atoms with Crippen LogP contribution in [-0.2, 0) is 28.6 Å². The highest BCUT2D eigenvalue weighted by molar-refractivity contribution is 5.71. The largest absolute Gasteiger partial charge is 0.462 e. The van der Waals surface area contributed by atoms with Crippen LogP contribution in [-0.4, -0.2) is 37.2 Å². The first-order valence-electron chi connectivity index (χ1n) is 28.4. The van der Waals surface area contributed by atoms with Crippen LogP contribution in [0.1, 0.15) is 323 Å². The van der Waals surface area contributed by atoms with Crippen LogP contribution in [0.25, 0.3) is 0 Å². The molecule has 0 aliphatic rings. The minimum Gasteiger partial charge on any atom is -0.462 e. The maximum atomic E-state index is 12.8. The summed E-state index contributed by atoms with van der Waals surface area (Å²) in [5.41, 5.74) is 0. The number of carbonyl (C=O) groups is 3. The van der Waals surface area contributed by atoms with Gasteiger partial charge in [-0.05, 0) is 25.2 Å². The lowest BCUT2D eigenvalue weighted by atomic mass is 10.0. The fraction of sp³-hybridized carbons (Fsp3) is 0.947. The number of carbonyl (C=O) groups excluding carboxylic acids is 3. The summed E-state index contributed by atoms with van der Waals surface area (Å²) in [5.74, 6) is 0.0145. The SMILES string of the molecule is CCCCCCCCCCCCCCCCCCC(=O)O[C@@H](COC(=O)CCCCCCCCCCCC)COC(=O)CCCCCCCCCCCCCCCCCCC(C)C. The van der Waals surface area contributed by atoms with Gasteiger partial charge < -0.3 is 14.2 Å². The number of esters is 3. The molecule has 0 amide bonds. The molecule has 63 heavy (non-hydrogen) atoms. The van der Waals surface area contributed by atoms with Crippen LogP contribution >= 0.6 is 0 Å². The monoisotopic (exact) mass is 891 g/mol. The van der Waals surface area contributed by atoms with E-state index in [4.69, 9.17) is 14.2 Å². The van der Waals surface area contributed by atoms with E-state index in [1.54, 1.807) is 0 Å². The van der Waals surface area contributed by atoms with Crippen LogP contribution in [0.15, 0.2) is 0 Å². The molecule has 374 valence electrons. The minimum atomic E-state index is -0.761. The normalized spacial score (nSPS) is 12.0. The van der Waals surface area contributed by atoms with Crippen molar-refractivity contribution in [3.8, 4) is 0 Å². The van der Waals surface area contributed by atoms with Crippen molar-refractivity contribution in [3.05, 3.63) is 0 Å². The standard InChI is InChI=1S/C57H110O6/c1-5-7-9-11-13-15-17-18-19-23-27-30-34-38-42-46-50-57(60)63-54(51-61-55(58)48-44-40-36-32-16-14-12-10-8-6-2)52-62-56(59)49-45-41-37-33-29-26-24-21-20-22-25-28-31-35-39-43-47-53(3)4/h53-54H,5-52H2,1-4H3/t54-/m0/s1.